The van der Waals surface area contributed by atoms with Crippen molar-refractivity contribution in [1.29, 1.82) is 0 Å². The minimum absolute atomic E-state index is 0.122. The highest BCUT2D eigenvalue weighted by Gasteiger charge is 2.26. The quantitative estimate of drug-likeness (QED) is 0.377. The third kappa shape index (κ3) is 13.0. The van der Waals surface area contributed by atoms with Crippen molar-refractivity contribution in [3.63, 3.8) is 0 Å². The van der Waals surface area contributed by atoms with E-state index in [1.165, 1.54) is 11.8 Å². The van der Waals surface area contributed by atoms with Crippen molar-refractivity contribution in [1.82, 2.24) is 0 Å². The molecule has 1 atom stereocenters. The van der Waals surface area contributed by atoms with Gasteiger partial charge in [-0.1, -0.05) is 26.2 Å². The second-order valence-electron chi connectivity index (χ2n) is 5.41. The molecule has 0 aromatic carbocycles. The molecule has 6 heteroatoms. The summed E-state index contributed by atoms with van der Waals surface area (Å²) in [6.45, 7) is 5.69. The maximum atomic E-state index is 12.0. The molecule has 0 N–H and O–H groups in total. The monoisotopic (exact) mass is 328 g/mol. The smallest absolute Gasteiger partial charge is 0.389 e. The highest BCUT2D eigenvalue weighted by atomic mass is 32.2. The molecule has 21 heavy (non-hydrogen) atoms. The molecule has 0 aromatic rings. The van der Waals surface area contributed by atoms with Crippen LogP contribution in [0.1, 0.15) is 65.7 Å². The third-order valence-electron chi connectivity index (χ3n) is 2.86. The molecule has 0 aliphatic heterocycles. The van der Waals surface area contributed by atoms with Gasteiger partial charge in [-0.2, -0.15) is 13.2 Å². The molecule has 0 saturated carbocycles. The van der Waals surface area contributed by atoms with Crippen LogP contribution in [0.2, 0.25) is 0 Å². The van der Waals surface area contributed by atoms with Crippen LogP contribution < -0.4 is 0 Å². The lowest BCUT2D eigenvalue weighted by atomic mass is 10.1. The van der Waals surface area contributed by atoms with E-state index in [1.807, 2.05) is 0 Å². The average molecular weight is 328 g/mol. The Bertz CT molecular complexity index is 281. The molecule has 0 amide bonds. The summed E-state index contributed by atoms with van der Waals surface area (Å²) in [4.78, 5) is 11.9. The zero-order chi connectivity index (χ0) is 16.3. The molecule has 1 unspecified atom stereocenters. The molecular formula is C15H27F3O2S. The fourth-order valence-corrected chi connectivity index (χ4v) is 2.99. The van der Waals surface area contributed by atoms with Crippen LogP contribution in [0.5, 0.6) is 0 Å². The summed E-state index contributed by atoms with van der Waals surface area (Å²) in [5.74, 6) is 0.335. The molecule has 0 fully saturated rings. The fourth-order valence-electron chi connectivity index (χ4n) is 1.81. The zero-order valence-electron chi connectivity index (χ0n) is 13.2. The number of hydrogen-bond acceptors (Lipinski definition) is 3. The Labute approximate surface area is 130 Å². The van der Waals surface area contributed by atoms with E-state index in [1.54, 1.807) is 13.8 Å². The largest absolute Gasteiger partial charge is 0.462 e. The van der Waals surface area contributed by atoms with Crippen molar-refractivity contribution in [2.75, 3.05) is 5.75 Å². The van der Waals surface area contributed by atoms with Gasteiger partial charge in [0.1, 0.15) is 5.25 Å². The predicted octanol–water partition coefficient (Wildman–Crippen LogP) is 5.35. The summed E-state index contributed by atoms with van der Waals surface area (Å²) in [6.07, 6.45) is -0.570. The van der Waals surface area contributed by atoms with Crippen LogP contribution in [0.4, 0.5) is 13.2 Å². The first-order chi connectivity index (χ1) is 9.76. The lowest BCUT2D eigenvalue weighted by Gasteiger charge is -2.17. The number of thioether (sulfide) groups is 1. The van der Waals surface area contributed by atoms with E-state index in [0.29, 0.717) is 12.2 Å². The van der Waals surface area contributed by atoms with E-state index in [4.69, 9.17) is 4.74 Å². The molecule has 0 aliphatic rings. The van der Waals surface area contributed by atoms with Crippen LogP contribution in [0, 0.1) is 0 Å². The highest BCUT2D eigenvalue weighted by molar-refractivity contribution is 8.00. The van der Waals surface area contributed by atoms with Crippen LogP contribution in [-0.2, 0) is 9.53 Å². The zero-order valence-corrected chi connectivity index (χ0v) is 14.0. The van der Waals surface area contributed by atoms with E-state index in [0.717, 1.165) is 25.7 Å². The van der Waals surface area contributed by atoms with Gasteiger partial charge in [-0.3, -0.25) is 4.79 Å². The Morgan fingerprint density at radius 1 is 1.14 bits per heavy atom. The van der Waals surface area contributed by atoms with Crippen molar-refractivity contribution in [2.45, 2.75) is 83.2 Å². The van der Waals surface area contributed by atoms with Crippen molar-refractivity contribution >= 4 is 17.7 Å². The fraction of sp³-hybridized carbons (Fsp3) is 0.933. The lowest BCUT2D eigenvalue weighted by molar-refractivity contribution is -0.146. The van der Waals surface area contributed by atoms with Crippen LogP contribution in [0.25, 0.3) is 0 Å². The van der Waals surface area contributed by atoms with Gasteiger partial charge in [0.15, 0.2) is 0 Å². The SMILES string of the molecule is CCCCCC(SCCCCC(F)(F)F)C(=O)OC(C)C. The predicted molar refractivity (Wildman–Crippen MR) is 81.5 cm³/mol. The van der Waals surface area contributed by atoms with Gasteiger partial charge < -0.3 is 4.74 Å². The van der Waals surface area contributed by atoms with E-state index in [2.05, 4.69) is 6.92 Å². The third-order valence-corrected chi connectivity index (χ3v) is 4.21. The maximum Gasteiger partial charge on any atom is 0.389 e. The van der Waals surface area contributed by atoms with Gasteiger partial charge >= 0.3 is 12.1 Å². The van der Waals surface area contributed by atoms with E-state index in [-0.39, 0.29) is 23.7 Å². The Hall–Kier alpha value is -0.390. The topological polar surface area (TPSA) is 26.3 Å². The van der Waals surface area contributed by atoms with E-state index >= 15 is 0 Å². The summed E-state index contributed by atoms with van der Waals surface area (Å²) >= 11 is 1.43. The molecule has 0 saturated heterocycles. The molecule has 0 bridgehead atoms. The summed E-state index contributed by atoms with van der Waals surface area (Å²) in [7, 11) is 0. The van der Waals surface area contributed by atoms with Crippen LogP contribution in [0.15, 0.2) is 0 Å². The van der Waals surface area contributed by atoms with Gasteiger partial charge in [0.2, 0.25) is 0 Å². The van der Waals surface area contributed by atoms with Crippen LogP contribution >= 0.6 is 11.8 Å². The van der Waals surface area contributed by atoms with Crippen molar-refractivity contribution < 1.29 is 22.7 Å². The number of ether oxygens (including phenoxy) is 1. The van der Waals surface area contributed by atoms with Crippen molar-refractivity contribution in [3.8, 4) is 0 Å². The van der Waals surface area contributed by atoms with Crippen LogP contribution in [-0.4, -0.2) is 29.3 Å². The number of rotatable bonds is 11. The summed E-state index contributed by atoms with van der Waals surface area (Å²) in [5.41, 5.74) is 0. The first-order valence-corrected chi connectivity index (χ1v) is 8.70. The van der Waals surface area contributed by atoms with Gasteiger partial charge in [0.05, 0.1) is 6.10 Å². The molecule has 0 aliphatic carbocycles. The number of unbranched alkanes of at least 4 members (excludes halogenated alkanes) is 3. The minimum atomic E-state index is -4.08. The van der Waals surface area contributed by atoms with Crippen molar-refractivity contribution in [2.24, 2.45) is 0 Å². The minimum Gasteiger partial charge on any atom is -0.462 e. The molecule has 0 radical (unpaired) electrons. The first-order valence-electron chi connectivity index (χ1n) is 7.65. The molecule has 0 rings (SSSR count). The number of carbonyl (C=O) groups excluding carboxylic acids is 1. The van der Waals surface area contributed by atoms with Gasteiger partial charge in [-0.05, 0) is 38.9 Å². The Morgan fingerprint density at radius 2 is 1.81 bits per heavy atom. The van der Waals surface area contributed by atoms with E-state index in [9.17, 15) is 18.0 Å². The van der Waals surface area contributed by atoms with Gasteiger partial charge in [-0.15, -0.1) is 11.8 Å². The maximum absolute atomic E-state index is 12.0. The summed E-state index contributed by atoms with van der Waals surface area (Å²) < 4.78 is 41.3. The Kier molecular flexibility index (Phi) is 11.0. The number of carbonyl (C=O) groups is 1. The molecule has 126 valence electrons. The van der Waals surface area contributed by atoms with Crippen LogP contribution in [0.3, 0.4) is 0 Å². The molecule has 0 heterocycles. The first kappa shape index (κ1) is 20.6. The number of hydrogen-bond donors (Lipinski definition) is 0. The second kappa shape index (κ2) is 11.2. The molecular weight excluding hydrogens is 301 g/mol. The molecule has 2 nitrogen and oxygen atoms in total. The molecule has 0 aromatic heterocycles. The van der Waals surface area contributed by atoms with Gasteiger partial charge in [-0.25, -0.2) is 0 Å². The standard InChI is InChI=1S/C15H27F3O2S/c1-4-5-6-9-13(14(19)20-12(2)3)21-11-8-7-10-15(16,17)18/h12-13H,4-11H2,1-3H3. The summed E-state index contributed by atoms with van der Waals surface area (Å²) in [6, 6.07) is 0. The second-order valence-corrected chi connectivity index (χ2v) is 6.72. The number of esters is 1. The van der Waals surface area contributed by atoms with E-state index < -0.39 is 12.6 Å². The number of halogens is 3. The van der Waals surface area contributed by atoms with Gasteiger partial charge in [0.25, 0.3) is 0 Å². The number of alkyl halides is 3. The normalized spacial score (nSPS) is 13.5. The van der Waals surface area contributed by atoms with Crippen molar-refractivity contribution in [3.05, 3.63) is 0 Å². The Morgan fingerprint density at radius 3 is 2.33 bits per heavy atom. The average Bonchev–Trinajstić information content (AvgIpc) is 2.34. The summed E-state index contributed by atoms with van der Waals surface area (Å²) in [5, 5.41) is -0.246. The highest BCUT2D eigenvalue weighted by Crippen LogP contribution is 2.25. The Balaban J connectivity index is 4.06. The lowest BCUT2D eigenvalue weighted by Crippen LogP contribution is -2.24. The van der Waals surface area contributed by atoms with Gasteiger partial charge in [0, 0.05) is 6.42 Å². The molecule has 0 spiro atoms.